The third kappa shape index (κ3) is 4.82. The fourth-order valence-electron chi connectivity index (χ4n) is 2.03. The molecule has 1 aromatic heterocycles. The third-order valence-electron chi connectivity index (χ3n) is 3.01. The summed E-state index contributed by atoms with van der Waals surface area (Å²) in [6, 6.07) is 12.9. The lowest BCUT2D eigenvalue weighted by Gasteiger charge is -2.18. The molecule has 0 saturated heterocycles. The number of nitrogens with one attached hydrogen (secondary N) is 1. The summed E-state index contributed by atoms with van der Waals surface area (Å²) in [5, 5.41) is 4.28. The van der Waals surface area contributed by atoms with Gasteiger partial charge in [-0.2, -0.15) is 0 Å². The average Bonchev–Trinajstić information content (AvgIpc) is 2.48. The summed E-state index contributed by atoms with van der Waals surface area (Å²) >= 11 is 8.06. The number of hydrogen-bond donors (Lipinski definition) is 1. The molecule has 4 heteroatoms. The van der Waals surface area contributed by atoms with Crippen molar-refractivity contribution in [2.24, 2.45) is 0 Å². The third-order valence-corrected chi connectivity index (χ3v) is 4.52. The van der Waals surface area contributed by atoms with Crippen LogP contribution in [0.25, 0.3) is 0 Å². The molecule has 0 radical (unpaired) electrons. The maximum absolute atomic E-state index is 6.19. The van der Waals surface area contributed by atoms with Gasteiger partial charge in [0.15, 0.2) is 0 Å². The van der Waals surface area contributed by atoms with Gasteiger partial charge in [0.05, 0.1) is 5.02 Å². The molecule has 0 bridgehead atoms. The first-order valence-corrected chi connectivity index (χ1v) is 8.15. The molecule has 1 heterocycles. The highest BCUT2D eigenvalue weighted by Crippen LogP contribution is 2.21. The summed E-state index contributed by atoms with van der Waals surface area (Å²) < 4.78 is 0. The Kier molecular flexibility index (Phi) is 6.37. The summed E-state index contributed by atoms with van der Waals surface area (Å²) in [4.78, 5) is 5.34. The van der Waals surface area contributed by atoms with Crippen LogP contribution in [0.1, 0.15) is 12.5 Å². The molecule has 1 N–H and O–H groups in total. The van der Waals surface area contributed by atoms with Gasteiger partial charge in [0, 0.05) is 29.1 Å². The molecule has 0 aliphatic heterocycles. The van der Waals surface area contributed by atoms with E-state index in [2.05, 4.69) is 41.5 Å². The van der Waals surface area contributed by atoms with E-state index in [0.29, 0.717) is 6.04 Å². The van der Waals surface area contributed by atoms with E-state index in [9.17, 15) is 0 Å². The van der Waals surface area contributed by atoms with Crippen LogP contribution < -0.4 is 5.32 Å². The van der Waals surface area contributed by atoms with Crippen LogP contribution in [-0.4, -0.2) is 23.3 Å². The number of halogens is 1. The predicted molar refractivity (Wildman–Crippen MR) is 87.6 cm³/mol. The van der Waals surface area contributed by atoms with Gasteiger partial charge in [-0.1, -0.05) is 36.7 Å². The number of nitrogens with zero attached hydrogens (tertiary/aromatic N) is 1. The van der Waals surface area contributed by atoms with E-state index < -0.39 is 0 Å². The summed E-state index contributed by atoms with van der Waals surface area (Å²) in [5.74, 6) is 1.02. The van der Waals surface area contributed by atoms with Crippen molar-refractivity contribution in [3.05, 3.63) is 59.4 Å². The monoisotopic (exact) mass is 306 g/mol. The smallest absolute Gasteiger partial charge is 0.0621 e. The molecule has 1 atom stereocenters. The number of benzene rings is 1. The molecule has 106 valence electrons. The van der Waals surface area contributed by atoms with E-state index >= 15 is 0 Å². The van der Waals surface area contributed by atoms with Crippen LogP contribution >= 0.6 is 23.4 Å². The minimum Gasteiger partial charge on any atom is -0.313 e. The predicted octanol–water partition coefficient (Wildman–Crippen LogP) is 4.05. The van der Waals surface area contributed by atoms with Crippen LogP contribution in [0.5, 0.6) is 0 Å². The molecule has 0 spiro atoms. The maximum atomic E-state index is 6.19. The lowest BCUT2D eigenvalue weighted by molar-refractivity contribution is 0.572. The van der Waals surface area contributed by atoms with Gasteiger partial charge in [0.1, 0.15) is 0 Å². The van der Waals surface area contributed by atoms with Gasteiger partial charge < -0.3 is 5.32 Å². The Labute approximate surface area is 130 Å². The Bertz CT molecular complexity index is 519. The number of hydrogen-bond acceptors (Lipinski definition) is 3. The van der Waals surface area contributed by atoms with Crippen LogP contribution in [0.2, 0.25) is 5.02 Å². The van der Waals surface area contributed by atoms with E-state index in [1.54, 1.807) is 12.4 Å². The lowest BCUT2D eigenvalue weighted by Crippen LogP contribution is -2.33. The zero-order chi connectivity index (χ0) is 14.2. The van der Waals surface area contributed by atoms with E-state index in [-0.39, 0.29) is 0 Å². The van der Waals surface area contributed by atoms with Crippen LogP contribution in [-0.2, 0) is 6.42 Å². The fourth-order valence-corrected chi connectivity index (χ4v) is 3.20. The molecular weight excluding hydrogens is 288 g/mol. The second-order valence-corrected chi connectivity index (χ2v) is 6.05. The van der Waals surface area contributed by atoms with Crippen molar-refractivity contribution in [2.75, 3.05) is 12.3 Å². The van der Waals surface area contributed by atoms with Crippen molar-refractivity contribution >= 4 is 23.4 Å². The first-order valence-electron chi connectivity index (χ1n) is 6.79. The zero-order valence-electron chi connectivity index (χ0n) is 11.6. The molecule has 1 aromatic carbocycles. The highest BCUT2D eigenvalue weighted by molar-refractivity contribution is 7.99. The Balaban J connectivity index is 1.95. The van der Waals surface area contributed by atoms with Crippen molar-refractivity contribution in [1.82, 2.24) is 10.3 Å². The van der Waals surface area contributed by atoms with Crippen LogP contribution in [0.3, 0.4) is 0 Å². The van der Waals surface area contributed by atoms with Gasteiger partial charge >= 0.3 is 0 Å². The van der Waals surface area contributed by atoms with Crippen LogP contribution in [0, 0.1) is 0 Å². The standard InChI is InChI=1S/C16H19ClN2S/c1-2-19-14(10-13-8-9-18-11-16(13)17)12-20-15-6-4-3-5-7-15/h3-9,11,14,19H,2,10,12H2,1H3. The highest BCUT2D eigenvalue weighted by Gasteiger charge is 2.11. The topological polar surface area (TPSA) is 24.9 Å². The average molecular weight is 307 g/mol. The summed E-state index contributed by atoms with van der Waals surface area (Å²) in [6.45, 7) is 3.09. The molecule has 2 rings (SSSR count). The molecular formula is C16H19ClN2S. The van der Waals surface area contributed by atoms with Gasteiger partial charge in [-0.05, 0) is 36.7 Å². The molecule has 20 heavy (non-hydrogen) atoms. The van der Waals surface area contributed by atoms with Crippen LogP contribution in [0.15, 0.2) is 53.7 Å². The highest BCUT2D eigenvalue weighted by atomic mass is 35.5. The Hall–Kier alpha value is -1.03. The normalized spacial score (nSPS) is 12.3. The first kappa shape index (κ1) is 15.4. The molecule has 0 aliphatic carbocycles. The van der Waals surface area contributed by atoms with Crippen molar-refractivity contribution in [1.29, 1.82) is 0 Å². The number of aromatic nitrogens is 1. The SMILES string of the molecule is CCNC(CSc1ccccc1)Cc1ccncc1Cl. The lowest BCUT2D eigenvalue weighted by atomic mass is 10.1. The Morgan fingerprint density at radius 2 is 2.05 bits per heavy atom. The minimum atomic E-state index is 0.408. The number of likely N-dealkylation sites (N-methyl/N-ethyl adjacent to an activating group) is 1. The summed E-state index contributed by atoms with van der Waals surface area (Å²) in [7, 11) is 0. The molecule has 2 nitrogen and oxygen atoms in total. The van der Waals surface area contributed by atoms with Crippen molar-refractivity contribution in [3.8, 4) is 0 Å². The van der Waals surface area contributed by atoms with E-state index in [1.807, 2.05) is 23.9 Å². The van der Waals surface area contributed by atoms with Crippen molar-refractivity contribution < 1.29 is 0 Å². The van der Waals surface area contributed by atoms with Crippen LogP contribution in [0.4, 0.5) is 0 Å². The van der Waals surface area contributed by atoms with E-state index in [4.69, 9.17) is 11.6 Å². The first-order chi connectivity index (χ1) is 9.79. The second-order valence-electron chi connectivity index (χ2n) is 4.55. The summed E-state index contributed by atoms with van der Waals surface area (Å²) in [6.07, 6.45) is 4.44. The molecule has 2 aromatic rings. The minimum absolute atomic E-state index is 0.408. The second kappa shape index (κ2) is 8.30. The molecule has 0 fully saturated rings. The number of pyridine rings is 1. The fraction of sp³-hybridized carbons (Fsp3) is 0.312. The molecule has 1 unspecified atom stereocenters. The van der Waals surface area contributed by atoms with Crippen molar-refractivity contribution in [3.63, 3.8) is 0 Å². The Morgan fingerprint density at radius 3 is 2.75 bits per heavy atom. The molecule has 0 amide bonds. The number of rotatable bonds is 7. The zero-order valence-corrected chi connectivity index (χ0v) is 13.1. The van der Waals surface area contributed by atoms with Gasteiger partial charge in [-0.15, -0.1) is 11.8 Å². The number of thioether (sulfide) groups is 1. The van der Waals surface area contributed by atoms with E-state index in [0.717, 1.165) is 29.3 Å². The Morgan fingerprint density at radius 1 is 1.25 bits per heavy atom. The van der Waals surface area contributed by atoms with Gasteiger partial charge in [0.25, 0.3) is 0 Å². The largest absolute Gasteiger partial charge is 0.313 e. The maximum Gasteiger partial charge on any atom is 0.0621 e. The van der Waals surface area contributed by atoms with Gasteiger partial charge in [-0.25, -0.2) is 0 Å². The summed E-state index contributed by atoms with van der Waals surface area (Å²) in [5.41, 5.74) is 1.15. The molecule has 0 saturated carbocycles. The van der Waals surface area contributed by atoms with Crippen molar-refractivity contribution in [2.45, 2.75) is 24.3 Å². The quantitative estimate of drug-likeness (QED) is 0.781. The van der Waals surface area contributed by atoms with Gasteiger partial charge in [-0.3, -0.25) is 4.98 Å². The van der Waals surface area contributed by atoms with Gasteiger partial charge in [0.2, 0.25) is 0 Å². The van der Waals surface area contributed by atoms with E-state index in [1.165, 1.54) is 4.90 Å². The molecule has 0 aliphatic rings.